The van der Waals surface area contributed by atoms with Crippen molar-refractivity contribution in [2.24, 2.45) is 11.8 Å². The molecular weight excluding hydrogens is 348 g/mol. The van der Waals surface area contributed by atoms with Crippen LogP contribution in [0.1, 0.15) is 35.4 Å². The van der Waals surface area contributed by atoms with Gasteiger partial charge in [0.2, 0.25) is 0 Å². The number of nitrogen functional groups attached to an aromatic ring is 1. The number of amides is 1. The Bertz CT molecular complexity index is 706. The molecule has 1 heterocycles. The third kappa shape index (κ3) is 2.46. The summed E-state index contributed by atoms with van der Waals surface area (Å²) in [5, 5.41) is 4.21. The zero-order valence-corrected chi connectivity index (χ0v) is 14.0. The molecule has 21 heavy (non-hydrogen) atoms. The van der Waals surface area contributed by atoms with Crippen LogP contribution in [0.4, 0.5) is 5.69 Å². The molecule has 3 N–H and O–H groups in total. The molecule has 0 unspecified atom stereocenters. The van der Waals surface area contributed by atoms with Crippen LogP contribution < -0.4 is 11.1 Å². The van der Waals surface area contributed by atoms with Crippen LogP contribution in [0, 0.1) is 11.8 Å². The number of fused-ring (bicyclic) bond motifs is 1. The fourth-order valence-corrected chi connectivity index (χ4v) is 4.81. The van der Waals surface area contributed by atoms with E-state index in [1.807, 2.05) is 18.2 Å². The first-order valence-electron chi connectivity index (χ1n) is 7.42. The lowest BCUT2D eigenvalue weighted by Crippen LogP contribution is -2.37. The molecule has 1 amide bonds. The van der Waals surface area contributed by atoms with E-state index in [9.17, 15) is 4.79 Å². The molecule has 5 heteroatoms. The number of thiophene rings is 1. The van der Waals surface area contributed by atoms with Gasteiger partial charge in [-0.2, -0.15) is 0 Å². The van der Waals surface area contributed by atoms with Crippen LogP contribution in [-0.2, 0) is 0 Å². The van der Waals surface area contributed by atoms with Crippen molar-refractivity contribution >= 4 is 48.9 Å². The number of halogens is 1. The van der Waals surface area contributed by atoms with Gasteiger partial charge in [-0.05, 0) is 49.7 Å². The molecule has 3 nitrogen and oxygen atoms in total. The third-order valence-electron chi connectivity index (χ3n) is 4.47. The van der Waals surface area contributed by atoms with Crippen molar-refractivity contribution in [2.45, 2.75) is 31.7 Å². The molecule has 1 aromatic carbocycles. The van der Waals surface area contributed by atoms with Crippen LogP contribution in [0.25, 0.3) is 10.1 Å². The molecule has 0 aliphatic heterocycles. The predicted molar refractivity (Wildman–Crippen MR) is 90.6 cm³/mol. The largest absolute Gasteiger partial charge is 0.397 e. The first kappa shape index (κ1) is 13.6. The highest BCUT2D eigenvalue weighted by atomic mass is 79.9. The van der Waals surface area contributed by atoms with E-state index in [0.717, 1.165) is 14.6 Å². The van der Waals surface area contributed by atoms with Crippen molar-refractivity contribution in [1.29, 1.82) is 0 Å². The first-order chi connectivity index (χ1) is 10.1. The standard InChI is InChI=1S/C16H17BrN2OS/c17-10-2-1-3-11-12(10)13(18)15(21-11)16(20)19-14(8-4-5-8)9-6-7-9/h1-3,8-9,14H,4-7,18H2,(H,19,20). The Labute approximate surface area is 136 Å². The molecule has 4 rings (SSSR count). The summed E-state index contributed by atoms with van der Waals surface area (Å²) in [6, 6.07) is 6.31. The maximum atomic E-state index is 12.6. The van der Waals surface area contributed by atoms with Gasteiger partial charge in [0.25, 0.3) is 5.91 Å². The molecule has 2 saturated carbocycles. The number of nitrogens with two attached hydrogens (primary N) is 1. The number of carbonyl (C=O) groups is 1. The normalized spacial score (nSPS) is 18.4. The summed E-state index contributed by atoms with van der Waals surface area (Å²) in [5.74, 6) is 1.40. The summed E-state index contributed by atoms with van der Waals surface area (Å²) >= 11 is 5.01. The Morgan fingerprint density at radius 3 is 2.52 bits per heavy atom. The monoisotopic (exact) mass is 364 g/mol. The minimum Gasteiger partial charge on any atom is -0.397 e. The zero-order valence-electron chi connectivity index (χ0n) is 11.6. The number of hydrogen-bond donors (Lipinski definition) is 2. The van der Waals surface area contributed by atoms with Gasteiger partial charge in [0.15, 0.2) is 0 Å². The number of nitrogens with one attached hydrogen (secondary N) is 1. The van der Waals surface area contributed by atoms with Crippen LogP contribution in [0.2, 0.25) is 0 Å². The van der Waals surface area contributed by atoms with Gasteiger partial charge in [-0.15, -0.1) is 11.3 Å². The Hall–Kier alpha value is -1.07. The number of anilines is 1. The SMILES string of the molecule is Nc1c(C(=O)NC(C2CC2)C2CC2)sc2cccc(Br)c12. The van der Waals surface area contributed by atoms with Crippen molar-refractivity contribution in [1.82, 2.24) is 5.32 Å². The van der Waals surface area contributed by atoms with E-state index in [4.69, 9.17) is 5.73 Å². The molecule has 2 aliphatic rings. The number of carbonyl (C=O) groups excluding carboxylic acids is 1. The Kier molecular flexibility index (Phi) is 3.23. The first-order valence-corrected chi connectivity index (χ1v) is 9.03. The van der Waals surface area contributed by atoms with Crippen LogP contribution >= 0.6 is 27.3 Å². The van der Waals surface area contributed by atoms with Crippen molar-refractivity contribution in [3.63, 3.8) is 0 Å². The smallest absolute Gasteiger partial charge is 0.263 e. The lowest BCUT2D eigenvalue weighted by atomic mass is 10.1. The highest BCUT2D eigenvalue weighted by Gasteiger charge is 2.42. The van der Waals surface area contributed by atoms with E-state index in [2.05, 4.69) is 21.2 Å². The summed E-state index contributed by atoms with van der Waals surface area (Å²) in [7, 11) is 0. The van der Waals surface area contributed by atoms with Crippen molar-refractivity contribution < 1.29 is 4.79 Å². The molecule has 2 aromatic rings. The highest BCUT2D eigenvalue weighted by molar-refractivity contribution is 9.10. The molecule has 0 atom stereocenters. The minimum atomic E-state index is 0.00407. The van der Waals surface area contributed by atoms with Crippen LogP contribution in [0.15, 0.2) is 22.7 Å². The van der Waals surface area contributed by atoms with E-state index < -0.39 is 0 Å². The van der Waals surface area contributed by atoms with Crippen molar-refractivity contribution in [2.75, 3.05) is 5.73 Å². The van der Waals surface area contributed by atoms with Gasteiger partial charge in [0, 0.05) is 20.6 Å². The second-order valence-corrected chi connectivity index (χ2v) is 8.04. The van der Waals surface area contributed by atoms with Crippen LogP contribution in [0.5, 0.6) is 0 Å². The number of hydrogen-bond acceptors (Lipinski definition) is 3. The Morgan fingerprint density at radius 2 is 1.95 bits per heavy atom. The van der Waals surface area contributed by atoms with Crippen LogP contribution in [0.3, 0.4) is 0 Å². The average Bonchev–Trinajstić information content (AvgIpc) is 3.35. The maximum absolute atomic E-state index is 12.6. The fraction of sp³-hybridized carbons (Fsp3) is 0.438. The average molecular weight is 365 g/mol. The van der Waals surface area contributed by atoms with Gasteiger partial charge in [-0.25, -0.2) is 0 Å². The summed E-state index contributed by atoms with van der Waals surface area (Å²) in [4.78, 5) is 13.3. The molecule has 0 bridgehead atoms. The molecule has 0 radical (unpaired) electrons. The third-order valence-corrected chi connectivity index (χ3v) is 6.30. The second-order valence-electron chi connectivity index (χ2n) is 6.13. The van der Waals surface area contributed by atoms with E-state index in [-0.39, 0.29) is 5.91 Å². The number of rotatable bonds is 4. The predicted octanol–water partition coefficient (Wildman–Crippen LogP) is 4.16. The molecule has 1 aromatic heterocycles. The zero-order chi connectivity index (χ0) is 14.6. The molecular formula is C16H17BrN2OS. The van der Waals surface area contributed by atoms with Gasteiger partial charge >= 0.3 is 0 Å². The second kappa shape index (κ2) is 4.99. The summed E-state index contributed by atoms with van der Waals surface area (Å²) in [6.07, 6.45) is 5.04. The molecule has 0 saturated heterocycles. The van der Waals surface area contributed by atoms with E-state index in [1.54, 1.807) is 0 Å². The quantitative estimate of drug-likeness (QED) is 0.855. The lowest BCUT2D eigenvalue weighted by molar-refractivity contribution is 0.0931. The van der Waals surface area contributed by atoms with Crippen LogP contribution in [-0.4, -0.2) is 11.9 Å². The van der Waals surface area contributed by atoms with Gasteiger partial charge in [-0.1, -0.05) is 22.0 Å². The summed E-state index contributed by atoms with van der Waals surface area (Å²) in [6.45, 7) is 0. The highest BCUT2D eigenvalue weighted by Crippen LogP contribution is 2.45. The van der Waals surface area contributed by atoms with Gasteiger partial charge < -0.3 is 11.1 Å². The summed E-state index contributed by atoms with van der Waals surface area (Å²) in [5.41, 5.74) is 6.82. The van der Waals surface area contributed by atoms with Gasteiger partial charge in [0.1, 0.15) is 4.88 Å². The Morgan fingerprint density at radius 1 is 1.29 bits per heavy atom. The molecule has 0 spiro atoms. The van der Waals surface area contributed by atoms with Gasteiger partial charge in [0.05, 0.1) is 5.69 Å². The topological polar surface area (TPSA) is 55.1 Å². The van der Waals surface area contributed by atoms with E-state index in [1.165, 1.54) is 37.0 Å². The van der Waals surface area contributed by atoms with Crippen molar-refractivity contribution in [3.05, 3.63) is 27.5 Å². The van der Waals surface area contributed by atoms with E-state index >= 15 is 0 Å². The van der Waals surface area contributed by atoms with Gasteiger partial charge in [-0.3, -0.25) is 4.79 Å². The number of benzene rings is 1. The van der Waals surface area contributed by atoms with Crippen molar-refractivity contribution in [3.8, 4) is 0 Å². The fourth-order valence-electron chi connectivity index (χ4n) is 3.05. The molecule has 2 fully saturated rings. The van der Waals surface area contributed by atoms with E-state index in [0.29, 0.717) is 28.4 Å². The Balaban J connectivity index is 1.64. The maximum Gasteiger partial charge on any atom is 0.263 e. The lowest BCUT2D eigenvalue weighted by Gasteiger charge is -2.17. The molecule has 110 valence electrons. The minimum absolute atomic E-state index is 0.00407. The summed E-state index contributed by atoms with van der Waals surface area (Å²) < 4.78 is 2.01. The molecule has 2 aliphatic carbocycles.